The lowest BCUT2D eigenvalue weighted by atomic mass is 10.1. The van der Waals surface area contributed by atoms with Crippen molar-refractivity contribution >= 4 is 21.6 Å². The zero-order valence-corrected chi connectivity index (χ0v) is 13.6. The minimum absolute atomic E-state index is 0.0947. The summed E-state index contributed by atoms with van der Waals surface area (Å²) in [6.45, 7) is 4.70. The van der Waals surface area contributed by atoms with Crippen LogP contribution in [0.1, 0.15) is 29.7 Å². The van der Waals surface area contributed by atoms with E-state index < -0.39 is 0 Å². The zero-order valence-electron chi connectivity index (χ0n) is 12.0. The molecule has 4 nitrogen and oxygen atoms in total. The van der Waals surface area contributed by atoms with E-state index in [4.69, 9.17) is 0 Å². The fourth-order valence-electron chi connectivity index (χ4n) is 2.08. The van der Waals surface area contributed by atoms with Crippen molar-refractivity contribution in [1.29, 1.82) is 0 Å². The van der Waals surface area contributed by atoms with Crippen molar-refractivity contribution in [2.45, 2.75) is 26.4 Å². The molecule has 0 aliphatic carbocycles. The van der Waals surface area contributed by atoms with Gasteiger partial charge >= 0.3 is 0 Å². The summed E-state index contributed by atoms with van der Waals surface area (Å²) in [5.41, 5.74) is 3.40. The van der Waals surface area contributed by atoms with E-state index in [0.717, 1.165) is 5.56 Å². The average Bonchev–Trinajstić information content (AvgIpc) is 2.46. The maximum absolute atomic E-state index is 10.9. The first-order valence-corrected chi connectivity index (χ1v) is 7.50. The van der Waals surface area contributed by atoms with Gasteiger partial charge in [0.15, 0.2) is 0 Å². The highest BCUT2D eigenvalue weighted by molar-refractivity contribution is 9.10. The Labute approximate surface area is 132 Å². The second kappa shape index (κ2) is 6.83. The molecule has 0 radical (unpaired) electrons. The monoisotopic (exact) mass is 348 g/mol. The molecule has 2 rings (SSSR count). The number of hydrogen-bond acceptors (Lipinski definition) is 3. The summed E-state index contributed by atoms with van der Waals surface area (Å²) in [6, 6.07) is 13.6. The molecule has 2 aromatic carbocycles. The molecule has 21 heavy (non-hydrogen) atoms. The van der Waals surface area contributed by atoms with Gasteiger partial charge in [-0.2, -0.15) is 0 Å². The molecule has 0 bridgehead atoms. The van der Waals surface area contributed by atoms with E-state index in [1.54, 1.807) is 6.07 Å². The predicted molar refractivity (Wildman–Crippen MR) is 87.2 cm³/mol. The Balaban J connectivity index is 2.08. The van der Waals surface area contributed by atoms with Crippen LogP contribution in [0.5, 0.6) is 0 Å². The van der Waals surface area contributed by atoms with Crippen LogP contribution in [-0.4, -0.2) is 4.92 Å². The van der Waals surface area contributed by atoms with E-state index in [1.165, 1.54) is 17.2 Å². The quantitative estimate of drug-likeness (QED) is 0.638. The van der Waals surface area contributed by atoms with Crippen LogP contribution in [0.4, 0.5) is 5.69 Å². The SMILES string of the molecule is Cc1ccc(C(C)NCc2cccc([N+](=O)[O-])c2Br)cc1. The van der Waals surface area contributed by atoms with Crippen molar-refractivity contribution in [3.8, 4) is 0 Å². The van der Waals surface area contributed by atoms with E-state index >= 15 is 0 Å². The van der Waals surface area contributed by atoms with Crippen LogP contribution in [0.2, 0.25) is 0 Å². The van der Waals surface area contributed by atoms with Gasteiger partial charge in [0, 0.05) is 18.7 Å². The Kier molecular flexibility index (Phi) is 5.09. The molecule has 1 atom stereocenters. The highest BCUT2D eigenvalue weighted by Gasteiger charge is 2.15. The third kappa shape index (κ3) is 3.89. The Morgan fingerprint density at radius 2 is 1.90 bits per heavy atom. The van der Waals surface area contributed by atoms with E-state index in [9.17, 15) is 10.1 Å². The maximum atomic E-state index is 10.9. The van der Waals surface area contributed by atoms with Gasteiger partial charge in [0.1, 0.15) is 0 Å². The molecule has 0 aromatic heterocycles. The molecule has 0 amide bonds. The molecule has 0 heterocycles. The summed E-state index contributed by atoms with van der Waals surface area (Å²) < 4.78 is 0.540. The number of benzene rings is 2. The minimum atomic E-state index is -0.378. The number of rotatable bonds is 5. The third-order valence-electron chi connectivity index (χ3n) is 3.43. The summed E-state index contributed by atoms with van der Waals surface area (Å²) in [7, 11) is 0. The number of halogens is 1. The molecule has 0 aliphatic heterocycles. The molecule has 1 unspecified atom stereocenters. The summed E-state index contributed by atoms with van der Waals surface area (Å²) >= 11 is 3.32. The average molecular weight is 349 g/mol. The van der Waals surface area contributed by atoms with E-state index in [0.29, 0.717) is 11.0 Å². The largest absolute Gasteiger partial charge is 0.306 e. The number of hydrogen-bond donors (Lipinski definition) is 1. The molecule has 0 saturated carbocycles. The molecule has 5 heteroatoms. The Hall–Kier alpha value is -1.72. The minimum Gasteiger partial charge on any atom is -0.306 e. The third-order valence-corrected chi connectivity index (χ3v) is 4.35. The van der Waals surface area contributed by atoms with Crippen LogP contribution in [0, 0.1) is 17.0 Å². The Morgan fingerprint density at radius 3 is 2.52 bits per heavy atom. The van der Waals surface area contributed by atoms with Gasteiger partial charge in [-0.15, -0.1) is 0 Å². The first-order valence-electron chi connectivity index (χ1n) is 6.70. The zero-order chi connectivity index (χ0) is 15.4. The topological polar surface area (TPSA) is 55.2 Å². The first kappa shape index (κ1) is 15.7. The molecule has 0 saturated heterocycles. The Morgan fingerprint density at radius 1 is 1.24 bits per heavy atom. The lowest BCUT2D eigenvalue weighted by Gasteiger charge is -2.15. The maximum Gasteiger partial charge on any atom is 0.283 e. The molecule has 110 valence electrons. The molecular weight excluding hydrogens is 332 g/mol. The van der Waals surface area contributed by atoms with Crippen molar-refractivity contribution in [2.75, 3.05) is 0 Å². The Bertz CT molecular complexity index is 641. The van der Waals surface area contributed by atoms with Crippen LogP contribution in [-0.2, 0) is 6.54 Å². The number of aryl methyl sites for hydroxylation is 1. The van der Waals surface area contributed by atoms with Crippen molar-refractivity contribution in [2.24, 2.45) is 0 Å². The van der Waals surface area contributed by atoms with Gasteiger partial charge < -0.3 is 5.32 Å². The number of nitrogens with one attached hydrogen (secondary N) is 1. The van der Waals surface area contributed by atoms with Crippen molar-refractivity contribution in [1.82, 2.24) is 5.32 Å². The number of nitrogens with zero attached hydrogens (tertiary/aromatic N) is 1. The van der Waals surface area contributed by atoms with Gasteiger partial charge in [-0.3, -0.25) is 10.1 Å². The fraction of sp³-hybridized carbons (Fsp3) is 0.250. The molecule has 0 fully saturated rings. The summed E-state index contributed by atoms with van der Waals surface area (Å²) in [5, 5.41) is 14.3. The van der Waals surface area contributed by atoms with Crippen molar-refractivity contribution in [3.63, 3.8) is 0 Å². The van der Waals surface area contributed by atoms with Gasteiger partial charge in [0.2, 0.25) is 0 Å². The first-order chi connectivity index (χ1) is 9.99. The van der Waals surface area contributed by atoms with Crippen LogP contribution in [0.25, 0.3) is 0 Å². The summed E-state index contributed by atoms with van der Waals surface area (Å²) in [4.78, 5) is 10.5. The highest BCUT2D eigenvalue weighted by atomic mass is 79.9. The predicted octanol–water partition coefficient (Wildman–Crippen LogP) is 4.52. The number of nitro benzene ring substituents is 1. The smallest absolute Gasteiger partial charge is 0.283 e. The van der Waals surface area contributed by atoms with Gasteiger partial charge in [-0.05, 0) is 40.9 Å². The van der Waals surface area contributed by atoms with E-state index in [1.807, 2.05) is 6.07 Å². The lowest BCUT2D eigenvalue weighted by Crippen LogP contribution is -2.18. The van der Waals surface area contributed by atoms with Crippen LogP contribution >= 0.6 is 15.9 Å². The number of nitro groups is 1. The van der Waals surface area contributed by atoms with E-state index in [2.05, 4.69) is 59.4 Å². The molecule has 0 spiro atoms. The van der Waals surface area contributed by atoms with Gasteiger partial charge in [-0.25, -0.2) is 0 Å². The standard InChI is InChI=1S/C16H17BrN2O2/c1-11-6-8-13(9-7-11)12(2)18-10-14-4-3-5-15(16(14)17)19(20)21/h3-9,12,18H,10H2,1-2H3. The summed E-state index contributed by atoms with van der Waals surface area (Å²) in [5.74, 6) is 0. The molecular formula is C16H17BrN2O2. The highest BCUT2D eigenvalue weighted by Crippen LogP contribution is 2.28. The van der Waals surface area contributed by atoms with Crippen LogP contribution in [0.15, 0.2) is 46.9 Å². The molecule has 0 aliphatic rings. The molecule has 2 aromatic rings. The van der Waals surface area contributed by atoms with E-state index in [-0.39, 0.29) is 16.7 Å². The normalized spacial score (nSPS) is 12.1. The second-order valence-electron chi connectivity index (χ2n) is 5.02. The molecule has 1 N–H and O–H groups in total. The summed E-state index contributed by atoms with van der Waals surface area (Å²) in [6.07, 6.45) is 0. The van der Waals surface area contributed by atoms with Crippen molar-refractivity contribution < 1.29 is 4.92 Å². The van der Waals surface area contributed by atoms with Gasteiger partial charge in [-0.1, -0.05) is 42.0 Å². The van der Waals surface area contributed by atoms with Crippen LogP contribution in [0.3, 0.4) is 0 Å². The van der Waals surface area contributed by atoms with Crippen molar-refractivity contribution in [3.05, 3.63) is 73.7 Å². The van der Waals surface area contributed by atoms with Gasteiger partial charge in [0.05, 0.1) is 9.40 Å². The van der Waals surface area contributed by atoms with Gasteiger partial charge in [0.25, 0.3) is 5.69 Å². The lowest BCUT2D eigenvalue weighted by molar-refractivity contribution is -0.385. The van der Waals surface area contributed by atoms with Crippen LogP contribution < -0.4 is 5.32 Å². The fourth-order valence-corrected chi connectivity index (χ4v) is 2.63. The second-order valence-corrected chi connectivity index (χ2v) is 5.81.